The molecule has 0 spiro atoms. The molecule has 126 valence electrons. The minimum Gasteiger partial charge on any atom is -0.379 e. The number of nitrogens with one attached hydrogen (secondary N) is 1. The number of aromatic amines is 1. The van der Waals surface area contributed by atoms with Crippen molar-refractivity contribution in [3.8, 4) is 0 Å². The van der Waals surface area contributed by atoms with E-state index in [0.29, 0.717) is 0 Å². The average Bonchev–Trinajstić information content (AvgIpc) is 2.87. The van der Waals surface area contributed by atoms with Gasteiger partial charge in [0, 0.05) is 54.8 Å². The van der Waals surface area contributed by atoms with Gasteiger partial charge < -0.3 is 14.3 Å². The molecule has 0 amide bonds. The van der Waals surface area contributed by atoms with E-state index in [9.17, 15) is 9.18 Å². The maximum atomic E-state index is 13.8. The minimum absolute atomic E-state index is 0.0277. The third-order valence-corrected chi connectivity index (χ3v) is 4.75. The molecule has 1 aliphatic rings. The summed E-state index contributed by atoms with van der Waals surface area (Å²) in [6, 6.07) is 6.49. The molecule has 0 unspecified atom stereocenters. The van der Waals surface area contributed by atoms with Crippen LogP contribution in [0.5, 0.6) is 0 Å². The second-order valence-electron chi connectivity index (χ2n) is 6.29. The van der Waals surface area contributed by atoms with Gasteiger partial charge in [0.2, 0.25) is 0 Å². The number of benzene rings is 1. The monoisotopic (exact) mass is 329 g/mol. The molecule has 0 saturated carbocycles. The van der Waals surface area contributed by atoms with E-state index in [2.05, 4.69) is 14.5 Å². The number of halogens is 1. The molecule has 4 rings (SSSR count). The fourth-order valence-electron chi connectivity index (χ4n) is 3.61. The highest BCUT2D eigenvalue weighted by molar-refractivity contribution is 6.08. The molecule has 2 aromatic heterocycles. The van der Waals surface area contributed by atoms with Crippen LogP contribution in [0.2, 0.25) is 0 Å². The third-order valence-electron chi connectivity index (χ3n) is 4.75. The normalized spacial score (nSPS) is 16.2. The van der Waals surface area contributed by atoms with Crippen molar-refractivity contribution in [2.75, 3.05) is 32.8 Å². The molecule has 0 aliphatic carbocycles. The fraction of sp³-hybridized carbons (Fsp3) is 0.389. The largest absolute Gasteiger partial charge is 0.379 e. The first-order chi connectivity index (χ1) is 11.6. The molecule has 3 aromatic rings. The molecule has 1 N–H and O–H groups in total. The van der Waals surface area contributed by atoms with E-state index in [0.717, 1.165) is 66.9 Å². The quantitative estimate of drug-likeness (QED) is 0.750. The summed E-state index contributed by atoms with van der Waals surface area (Å²) in [7, 11) is 0. The van der Waals surface area contributed by atoms with E-state index in [-0.39, 0.29) is 11.4 Å². The Hall–Kier alpha value is -2.18. The van der Waals surface area contributed by atoms with Gasteiger partial charge in [-0.15, -0.1) is 0 Å². The van der Waals surface area contributed by atoms with Crippen LogP contribution >= 0.6 is 0 Å². The summed E-state index contributed by atoms with van der Waals surface area (Å²) >= 11 is 0. The summed E-state index contributed by atoms with van der Waals surface area (Å²) in [6.07, 6.45) is 0. The van der Waals surface area contributed by atoms with Crippen molar-refractivity contribution in [1.29, 1.82) is 0 Å². The lowest BCUT2D eigenvalue weighted by Crippen LogP contribution is -2.38. The predicted molar refractivity (Wildman–Crippen MR) is 92.0 cm³/mol. The zero-order chi connectivity index (χ0) is 16.7. The molecule has 6 heteroatoms. The van der Waals surface area contributed by atoms with E-state index < -0.39 is 0 Å². The molecule has 5 nitrogen and oxygen atoms in total. The smallest absolute Gasteiger partial charge is 0.191 e. The zero-order valence-electron chi connectivity index (χ0n) is 13.6. The third kappa shape index (κ3) is 2.61. The molecule has 1 aromatic carbocycles. The number of aromatic nitrogens is 2. The van der Waals surface area contributed by atoms with Gasteiger partial charge in [0.05, 0.1) is 24.2 Å². The van der Waals surface area contributed by atoms with E-state index in [4.69, 9.17) is 4.74 Å². The van der Waals surface area contributed by atoms with Crippen LogP contribution in [0.15, 0.2) is 29.1 Å². The number of morpholine rings is 1. The highest BCUT2D eigenvalue weighted by atomic mass is 19.1. The number of ether oxygens (including phenoxy) is 1. The van der Waals surface area contributed by atoms with Crippen LogP contribution in [0.4, 0.5) is 4.39 Å². The summed E-state index contributed by atoms with van der Waals surface area (Å²) in [5, 5.41) is 1.77. The van der Waals surface area contributed by atoms with Gasteiger partial charge in [-0.1, -0.05) is 0 Å². The highest BCUT2D eigenvalue weighted by Gasteiger charge is 2.16. The molecule has 1 saturated heterocycles. The maximum Gasteiger partial charge on any atom is 0.191 e. The van der Waals surface area contributed by atoms with Gasteiger partial charge in [0.1, 0.15) is 0 Å². The lowest BCUT2D eigenvalue weighted by Gasteiger charge is -2.27. The highest BCUT2D eigenvalue weighted by Crippen LogP contribution is 2.30. The number of hydrogen-bond donors (Lipinski definition) is 1. The second kappa shape index (κ2) is 6.03. The van der Waals surface area contributed by atoms with Gasteiger partial charge in [0.15, 0.2) is 11.4 Å². The number of nitrogens with zero attached hydrogens (tertiary/aromatic N) is 2. The van der Waals surface area contributed by atoms with Crippen molar-refractivity contribution < 1.29 is 9.13 Å². The lowest BCUT2D eigenvalue weighted by molar-refractivity contribution is 0.0366. The van der Waals surface area contributed by atoms with Crippen LogP contribution in [0.25, 0.3) is 21.8 Å². The number of H-pyrrole nitrogens is 1. The van der Waals surface area contributed by atoms with Gasteiger partial charge >= 0.3 is 0 Å². The topological polar surface area (TPSA) is 50.3 Å². The van der Waals surface area contributed by atoms with Crippen LogP contribution < -0.4 is 5.43 Å². The van der Waals surface area contributed by atoms with Crippen LogP contribution in [-0.2, 0) is 11.3 Å². The average molecular weight is 329 g/mol. The molecular weight excluding hydrogens is 309 g/mol. The summed E-state index contributed by atoms with van der Waals surface area (Å²) in [5.74, 6) is -0.363. The Morgan fingerprint density at radius 2 is 1.96 bits per heavy atom. The summed E-state index contributed by atoms with van der Waals surface area (Å²) < 4.78 is 21.4. The minimum atomic E-state index is -0.363. The molecule has 3 heterocycles. The van der Waals surface area contributed by atoms with Crippen molar-refractivity contribution in [3.05, 3.63) is 46.1 Å². The summed E-state index contributed by atoms with van der Waals surface area (Å²) in [6.45, 7) is 6.86. The lowest BCUT2D eigenvalue weighted by atomic mass is 10.1. The maximum absolute atomic E-state index is 13.8. The van der Waals surface area contributed by atoms with Crippen molar-refractivity contribution in [1.82, 2.24) is 14.5 Å². The number of pyridine rings is 1. The molecular formula is C18H20FN3O2. The van der Waals surface area contributed by atoms with Gasteiger partial charge in [-0.25, -0.2) is 0 Å². The van der Waals surface area contributed by atoms with Crippen molar-refractivity contribution in [3.63, 3.8) is 0 Å². The van der Waals surface area contributed by atoms with Crippen LogP contribution in [0.1, 0.15) is 5.69 Å². The first kappa shape index (κ1) is 15.4. The van der Waals surface area contributed by atoms with Gasteiger partial charge in [-0.3, -0.25) is 9.69 Å². The Balaban J connectivity index is 1.84. The Kier molecular flexibility index (Phi) is 3.86. The molecule has 0 radical (unpaired) electrons. The summed E-state index contributed by atoms with van der Waals surface area (Å²) in [5.41, 5.74) is 2.58. The summed E-state index contributed by atoms with van der Waals surface area (Å²) in [4.78, 5) is 17.0. The second-order valence-corrected chi connectivity index (χ2v) is 6.29. The predicted octanol–water partition coefficient (Wildman–Crippen LogP) is 2.26. The number of aryl methyl sites for hydroxylation is 1. The van der Waals surface area contributed by atoms with Crippen LogP contribution in [-0.4, -0.2) is 47.3 Å². The SMILES string of the molecule is Cc1[nH]c(F)cc2c3ccc(=O)cc3n(CCN3CCOCC3)c12. The van der Waals surface area contributed by atoms with Gasteiger partial charge in [-0.2, -0.15) is 4.39 Å². The molecule has 24 heavy (non-hydrogen) atoms. The standard InChI is InChI=1S/C18H20FN3O2/c1-12-18-15(11-17(19)20-12)14-3-2-13(23)10-16(14)22(18)5-4-21-6-8-24-9-7-21/h2-3,10-11,20H,4-9H2,1H3. The first-order valence-electron chi connectivity index (χ1n) is 8.25. The van der Waals surface area contributed by atoms with E-state index in [1.54, 1.807) is 12.1 Å². The van der Waals surface area contributed by atoms with Gasteiger partial charge in [0.25, 0.3) is 0 Å². The molecule has 1 fully saturated rings. The van der Waals surface area contributed by atoms with Crippen molar-refractivity contribution in [2.45, 2.75) is 13.5 Å². The van der Waals surface area contributed by atoms with E-state index in [1.165, 1.54) is 12.1 Å². The zero-order valence-corrected chi connectivity index (χ0v) is 13.6. The Labute approximate surface area is 138 Å². The van der Waals surface area contributed by atoms with E-state index in [1.807, 2.05) is 6.92 Å². The van der Waals surface area contributed by atoms with Gasteiger partial charge in [-0.05, 0) is 19.1 Å². The number of hydrogen-bond acceptors (Lipinski definition) is 3. The first-order valence-corrected chi connectivity index (χ1v) is 8.25. The van der Waals surface area contributed by atoms with Crippen molar-refractivity contribution in [2.24, 2.45) is 0 Å². The molecule has 0 bridgehead atoms. The number of rotatable bonds is 3. The number of fused-ring (bicyclic) bond motifs is 3. The molecule has 0 atom stereocenters. The fourth-order valence-corrected chi connectivity index (χ4v) is 3.61. The Bertz CT molecular complexity index is 954. The molecule has 1 aliphatic heterocycles. The van der Waals surface area contributed by atoms with Crippen LogP contribution in [0.3, 0.4) is 0 Å². The van der Waals surface area contributed by atoms with Crippen LogP contribution in [0, 0.1) is 12.9 Å². The Morgan fingerprint density at radius 3 is 2.75 bits per heavy atom. The van der Waals surface area contributed by atoms with E-state index >= 15 is 0 Å². The Morgan fingerprint density at radius 1 is 1.17 bits per heavy atom. The van der Waals surface area contributed by atoms with Crippen molar-refractivity contribution >= 4 is 21.8 Å².